The summed E-state index contributed by atoms with van der Waals surface area (Å²) in [7, 11) is 0. The number of hydrogen-bond acceptors (Lipinski definition) is 4. The molecule has 23 heavy (non-hydrogen) atoms. The van der Waals surface area contributed by atoms with Crippen LogP contribution >= 0.6 is 0 Å². The van der Waals surface area contributed by atoms with E-state index in [1.807, 2.05) is 4.90 Å². The molecular weight excluding hydrogens is 290 g/mol. The topological polar surface area (TPSA) is 61.4 Å². The number of nitrogens with zero attached hydrogens (tertiary/aromatic N) is 4. The van der Waals surface area contributed by atoms with E-state index in [0.29, 0.717) is 12.0 Å². The summed E-state index contributed by atoms with van der Waals surface area (Å²) < 4.78 is 0. The number of hydrogen-bond donors (Lipinski definition) is 1. The molecular formula is C17H25N5O. The van der Waals surface area contributed by atoms with Crippen LogP contribution in [0.4, 0.5) is 10.6 Å². The van der Waals surface area contributed by atoms with E-state index >= 15 is 0 Å². The van der Waals surface area contributed by atoms with Gasteiger partial charge in [-0.3, -0.25) is 0 Å². The molecule has 1 N–H and O–H groups in total. The van der Waals surface area contributed by atoms with Gasteiger partial charge in [-0.15, -0.1) is 0 Å². The van der Waals surface area contributed by atoms with Crippen molar-refractivity contribution in [2.45, 2.75) is 51.0 Å². The van der Waals surface area contributed by atoms with Gasteiger partial charge in [-0.1, -0.05) is 0 Å². The molecule has 4 rings (SSSR count). The molecule has 1 saturated carbocycles. The molecule has 3 aliphatic rings. The van der Waals surface area contributed by atoms with Crippen molar-refractivity contribution in [3.05, 3.63) is 17.6 Å². The first kappa shape index (κ1) is 14.7. The first-order chi connectivity index (χ1) is 11.2. The highest BCUT2D eigenvalue weighted by molar-refractivity contribution is 5.75. The van der Waals surface area contributed by atoms with Gasteiger partial charge < -0.3 is 15.1 Å². The summed E-state index contributed by atoms with van der Waals surface area (Å²) in [5.41, 5.74) is 1.06. The molecule has 3 heterocycles. The molecule has 2 aliphatic heterocycles. The van der Waals surface area contributed by atoms with Gasteiger partial charge in [-0.25, -0.2) is 14.8 Å². The van der Waals surface area contributed by atoms with Crippen molar-refractivity contribution in [3.8, 4) is 0 Å². The number of carbonyl (C=O) groups excluding carboxylic acids is 1. The third-order valence-corrected chi connectivity index (χ3v) is 5.14. The van der Waals surface area contributed by atoms with E-state index in [9.17, 15) is 4.79 Å². The predicted octanol–water partition coefficient (Wildman–Crippen LogP) is 2.05. The fourth-order valence-electron chi connectivity index (χ4n) is 3.66. The van der Waals surface area contributed by atoms with Gasteiger partial charge in [0, 0.05) is 49.9 Å². The van der Waals surface area contributed by atoms with Gasteiger partial charge in [0.05, 0.1) is 0 Å². The van der Waals surface area contributed by atoms with E-state index in [4.69, 9.17) is 4.98 Å². The molecule has 1 aliphatic carbocycles. The number of piperidine rings is 1. The first-order valence-corrected chi connectivity index (χ1v) is 8.86. The van der Waals surface area contributed by atoms with Gasteiger partial charge in [-0.05, 0) is 39.0 Å². The Hall–Kier alpha value is -1.85. The molecule has 6 heteroatoms. The number of anilines is 1. The zero-order valence-electron chi connectivity index (χ0n) is 13.8. The Labute approximate surface area is 137 Å². The second kappa shape index (κ2) is 5.98. The van der Waals surface area contributed by atoms with Crippen molar-refractivity contribution < 1.29 is 4.79 Å². The second-order valence-electron chi connectivity index (χ2n) is 7.00. The number of aryl methyl sites for hydroxylation is 1. The lowest BCUT2D eigenvalue weighted by Gasteiger charge is -2.40. The minimum absolute atomic E-state index is 0.114. The Bertz CT molecular complexity index is 593. The van der Waals surface area contributed by atoms with Crippen molar-refractivity contribution in [3.63, 3.8) is 0 Å². The molecule has 3 fully saturated rings. The maximum atomic E-state index is 12.0. The zero-order valence-corrected chi connectivity index (χ0v) is 13.8. The Morgan fingerprint density at radius 2 is 1.91 bits per heavy atom. The van der Waals surface area contributed by atoms with Crippen molar-refractivity contribution >= 4 is 11.8 Å². The molecule has 2 amide bonds. The first-order valence-electron chi connectivity index (χ1n) is 8.86. The summed E-state index contributed by atoms with van der Waals surface area (Å²) in [4.78, 5) is 25.8. The Kier molecular flexibility index (Phi) is 3.83. The van der Waals surface area contributed by atoms with Crippen LogP contribution in [0.25, 0.3) is 0 Å². The summed E-state index contributed by atoms with van der Waals surface area (Å²) in [6.45, 7) is 5.71. The van der Waals surface area contributed by atoms with Crippen molar-refractivity contribution in [1.82, 2.24) is 20.2 Å². The Morgan fingerprint density at radius 1 is 1.13 bits per heavy atom. The van der Waals surface area contributed by atoms with Crippen LogP contribution in [0.5, 0.6) is 0 Å². The van der Waals surface area contributed by atoms with Crippen LogP contribution in [0, 0.1) is 6.92 Å². The maximum Gasteiger partial charge on any atom is 0.317 e. The monoisotopic (exact) mass is 315 g/mol. The van der Waals surface area contributed by atoms with Crippen LogP contribution < -0.4 is 10.2 Å². The smallest absolute Gasteiger partial charge is 0.317 e. The summed E-state index contributed by atoms with van der Waals surface area (Å²) >= 11 is 0. The Morgan fingerprint density at radius 3 is 2.61 bits per heavy atom. The van der Waals surface area contributed by atoms with Crippen LogP contribution in [0.2, 0.25) is 0 Å². The maximum absolute atomic E-state index is 12.0. The molecule has 2 saturated heterocycles. The molecule has 124 valence electrons. The summed E-state index contributed by atoms with van der Waals surface area (Å²) in [6.07, 6.45) is 5.57. The van der Waals surface area contributed by atoms with Crippen LogP contribution in [0.3, 0.4) is 0 Å². The van der Waals surface area contributed by atoms with Crippen molar-refractivity contribution in [1.29, 1.82) is 0 Å². The minimum atomic E-state index is 0.114. The normalized spacial score (nSPS) is 23.1. The number of nitrogens with one attached hydrogen (secondary N) is 1. The molecule has 0 radical (unpaired) electrons. The summed E-state index contributed by atoms with van der Waals surface area (Å²) in [6, 6.07) is 2.58. The molecule has 0 bridgehead atoms. The largest absolute Gasteiger partial charge is 0.356 e. The lowest BCUT2D eigenvalue weighted by Crippen LogP contribution is -2.54. The van der Waals surface area contributed by atoms with Crippen LogP contribution in [0.1, 0.15) is 49.5 Å². The van der Waals surface area contributed by atoms with E-state index in [-0.39, 0.29) is 6.03 Å². The number of aromatic nitrogens is 2. The predicted molar refractivity (Wildman–Crippen MR) is 88.7 cm³/mol. The van der Waals surface area contributed by atoms with Gasteiger partial charge in [-0.2, -0.15) is 0 Å². The lowest BCUT2D eigenvalue weighted by atomic mass is 10.0. The highest BCUT2D eigenvalue weighted by atomic mass is 16.2. The standard InChI is InChI=1S/C17H25N5O/c1-12-11-15(20-16(19-12)13-3-4-13)21-9-5-14(6-10-21)22-8-2-7-18-17(22)23/h11,13-14H,2-10H2,1H3,(H,18,23). The van der Waals surface area contributed by atoms with E-state index in [1.54, 1.807) is 0 Å². The number of rotatable bonds is 3. The number of urea groups is 1. The average Bonchev–Trinajstić information content (AvgIpc) is 3.40. The number of amides is 2. The SMILES string of the molecule is Cc1cc(N2CCC(N3CCCNC3=O)CC2)nc(C2CC2)n1. The molecule has 1 aromatic rings. The Balaban J connectivity index is 1.42. The third-order valence-electron chi connectivity index (χ3n) is 5.14. The summed E-state index contributed by atoms with van der Waals surface area (Å²) in [5.74, 6) is 2.68. The fraction of sp³-hybridized carbons (Fsp3) is 0.706. The number of carbonyl (C=O) groups is 1. The van der Waals surface area contributed by atoms with Gasteiger partial charge in [0.25, 0.3) is 0 Å². The third kappa shape index (κ3) is 3.12. The van der Waals surface area contributed by atoms with Crippen molar-refractivity contribution in [2.24, 2.45) is 0 Å². The van der Waals surface area contributed by atoms with Crippen LogP contribution in [0.15, 0.2) is 6.07 Å². The second-order valence-corrected chi connectivity index (χ2v) is 7.00. The van der Waals surface area contributed by atoms with E-state index in [0.717, 1.165) is 62.8 Å². The molecule has 0 spiro atoms. The highest BCUT2D eigenvalue weighted by Gasteiger charge is 2.31. The average molecular weight is 315 g/mol. The molecule has 0 atom stereocenters. The quantitative estimate of drug-likeness (QED) is 0.927. The molecule has 0 unspecified atom stereocenters. The summed E-state index contributed by atoms with van der Waals surface area (Å²) in [5, 5.41) is 2.96. The van der Waals surface area contributed by atoms with Gasteiger partial charge >= 0.3 is 6.03 Å². The van der Waals surface area contributed by atoms with Crippen LogP contribution in [-0.4, -0.2) is 53.1 Å². The molecule has 1 aromatic heterocycles. The minimum Gasteiger partial charge on any atom is -0.356 e. The molecule has 6 nitrogen and oxygen atoms in total. The van der Waals surface area contributed by atoms with E-state index in [1.165, 1.54) is 12.8 Å². The van der Waals surface area contributed by atoms with E-state index < -0.39 is 0 Å². The van der Waals surface area contributed by atoms with Gasteiger partial charge in [0.15, 0.2) is 0 Å². The zero-order chi connectivity index (χ0) is 15.8. The van der Waals surface area contributed by atoms with Crippen LogP contribution in [-0.2, 0) is 0 Å². The van der Waals surface area contributed by atoms with Gasteiger partial charge in [0.2, 0.25) is 0 Å². The fourth-order valence-corrected chi connectivity index (χ4v) is 3.66. The van der Waals surface area contributed by atoms with Crippen molar-refractivity contribution in [2.75, 3.05) is 31.1 Å². The van der Waals surface area contributed by atoms with E-state index in [2.05, 4.69) is 28.2 Å². The highest BCUT2D eigenvalue weighted by Crippen LogP contribution is 2.38. The van der Waals surface area contributed by atoms with Gasteiger partial charge in [0.1, 0.15) is 11.6 Å². The molecule has 0 aromatic carbocycles. The lowest BCUT2D eigenvalue weighted by molar-refractivity contribution is 0.149.